The molecule has 2 fully saturated rings. The minimum atomic E-state index is -0.170. The van der Waals surface area contributed by atoms with Gasteiger partial charge in [0, 0.05) is 12.6 Å². The summed E-state index contributed by atoms with van der Waals surface area (Å²) in [5.41, 5.74) is 0. The SMILES string of the molecule is CNC1COCC1C(=O)NCC1CCC(O)C1. The highest BCUT2D eigenvalue weighted by Gasteiger charge is 2.33. The van der Waals surface area contributed by atoms with Crippen molar-refractivity contribution in [1.82, 2.24) is 10.6 Å². The average molecular weight is 242 g/mol. The number of ether oxygens (including phenoxy) is 1. The van der Waals surface area contributed by atoms with Crippen LogP contribution in [0, 0.1) is 11.8 Å². The van der Waals surface area contributed by atoms with Gasteiger partial charge in [0.1, 0.15) is 0 Å². The number of carbonyl (C=O) groups is 1. The first-order chi connectivity index (χ1) is 8.20. The summed E-state index contributed by atoms with van der Waals surface area (Å²) in [7, 11) is 1.85. The van der Waals surface area contributed by atoms with Gasteiger partial charge in [0.05, 0.1) is 25.2 Å². The smallest absolute Gasteiger partial charge is 0.227 e. The van der Waals surface area contributed by atoms with E-state index in [1.165, 1.54) is 0 Å². The van der Waals surface area contributed by atoms with E-state index in [1.54, 1.807) is 0 Å². The first-order valence-electron chi connectivity index (χ1n) is 6.41. The molecule has 0 aromatic carbocycles. The molecule has 17 heavy (non-hydrogen) atoms. The molecule has 1 heterocycles. The van der Waals surface area contributed by atoms with Gasteiger partial charge in [-0.1, -0.05) is 0 Å². The molecule has 2 aliphatic rings. The lowest BCUT2D eigenvalue weighted by Crippen LogP contribution is -2.43. The molecule has 1 amide bonds. The van der Waals surface area contributed by atoms with Gasteiger partial charge in [-0.3, -0.25) is 4.79 Å². The van der Waals surface area contributed by atoms with Crippen LogP contribution in [0.2, 0.25) is 0 Å². The van der Waals surface area contributed by atoms with Crippen LogP contribution in [0.3, 0.4) is 0 Å². The lowest BCUT2D eigenvalue weighted by Gasteiger charge is -2.18. The second-order valence-corrected chi connectivity index (χ2v) is 5.12. The van der Waals surface area contributed by atoms with E-state index in [2.05, 4.69) is 10.6 Å². The van der Waals surface area contributed by atoms with Crippen LogP contribution < -0.4 is 10.6 Å². The molecule has 3 N–H and O–H groups in total. The number of carbonyl (C=O) groups excluding carboxylic acids is 1. The maximum Gasteiger partial charge on any atom is 0.227 e. The largest absolute Gasteiger partial charge is 0.393 e. The molecule has 0 spiro atoms. The van der Waals surface area contributed by atoms with Gasteiger partial charge in [0.15, 0.2) is 0 Å². The van der Waals surface area contributed by atoms with Crippen molar-refractivity contribution in [2.75, 3.05) is 26.8 Å². The van der Waals surface area contributed by atoms with E-state index in [0.29, 0.717) is 25.7 Å². The molecule has 98 valence electrons. The average Bonchev–Trinajstić information content (AvgIpc) is 2.94. The van der Waals surface area contributed by atoms with Crippen LogP contribution in [0.1, 0.15) is 19.3 Å². The Morgan fingerprint density at radius 1 is 1.41 bits per heavy atom. The van der Waals surface area contributed by atoms with Crippen molar-refractivity contribution in [3.05, 3.63) is 0 Å². The summed E-state index contributed by atoms with van der Waals surface area (Å²) in [6.07, 6.45) is 2.53. The zero-order valence-corrected chi connectivity index (χ0v) is 10.3. The Hall–Kier alpha value is -0.650. The van der Waals surface area contributed by atoms with Crippen molar-refractivity contribution in [3.8, 4) is 0 Å². The third-order valence-electron chi connectivity index (χ3n) is 3.87. The summed E-state index contributed by atoms with van der Waals surface area (Å²) < 4.78 is 5.31. The van der Waals surface area contributed by atoms with Crippen molar-refractivity contribution in [1.29, 1.82) is 0 Å². The van der Waals surface area contributed by atoms with Crippen LogP contribution in [0.4, 0.5) is 0 Å². The number of hydrogen-bond acceptors (Lipinski definition) is 4. The molecular formula is C12H22N2O3. The summed E-state index contributed by atoms with van der Waals surface area (Å²) in [5, 5.41) is 15.5. The first kappa shape index (κ1) is 12.8. The van der Waals surface area contributed by atoms with Crippen molar-refractivity contribution in [2.24, 2.45) is 11.8 Å². The first-order valence-corrected chi connectivity index (χ1v) is 6.41. The third-order valence-corrected chi connectivity index (χ3v) is 3.87. The molecule has 4 atom stereocenters. The Morgan fingerprint density at radius 2 is 2.24 bits per heavy atom. The monoisotopic (exact) mass is 242 g/mol. The maximum atomic E-state index is 12.0. The van der Waals surface area contributed by atoms with Crippen LogP contribution in [-0.4, -0.2) is 50.0 Å². The lowest BCUT2D eigenvalue weighted by molar-refractivity contribution is -0.125. The predicted molar refractivity (Wildman–Crippen MR) is 63.5 cm³/mol. The second kappa shape index (κ2) is 5.80. The predicted octanol–water partition coefficient (Wildman–Crippen LogP) is -0.502. The van der Waals surface area contributed by atoms with Crippen LogP contribution in [0.15, 0.2) is 0 Å². The van der Waals surface area contributed by atoms with Crippen molar-refractivity contribution in [2.45, 2.75) is 31.4 Å². The van der Waals surface area contributed by atoms with E-state index in [1.807, 2.05) is 7.05 Å². The van der Waals surface area contributed by atoms with E-state index < -0.39 is 0 Å². The van der Waals surface area contributed by atoms with Gasteiger partial charge >= 0.3 is 0 Å². The van der Waals surface area contributed by atoms with Crippen LogP contribution in [-0.2, 0) is 9.53 Å². The number of likely N-dealkylation sites (N-methyl/N-ethyl adjacent to an activating group) is 1. The maximum absolute atomic E-state index is 12.0. The van der Waals surface area contributed by atoms with E-state index in [9.17, 15) is 9.90 Å². The van der Waals surface area contributed by atoms with Gasteiger partial charge < -0.3 is 20.5 Å². The number of hydrogen-bond donors (Lipinski definition) is 3. The number of rotatable bonds is 4. The molecule has 1 saturated heterocycles. The molecule has 1 aliphatic carbocycles. The molecule has 2 rings (SSSR count). The molecule has 0 radical (unpaired) electrons. The minimum absolute atomic E-state index is 0.0724. The highest BCUT2D eigenvalue weighted by atomic mass is 16.5. The van der Waals surface area contributed by atoms with E-state index in [4.69, 9.17) is 4.74 Å². The molecule has 4 unspecified atom stereocenters. The van der Waals surface area contributed by atoms with E-state index >= 15 is 0 Å². The second-order valence-electron chi connectivity index (χ2n) is 5.12. The standard InChI is InChI=1S/C12H22N2O3/c1-13-11-7-17-6-10(11)12(16)14-5-8-2-3-9(15)4-8/h8-11,13,15H,2-7H2,1H3,(H,14,16). The molecular weight excluding hydrogens is 220 g/mol. The summed E-state index contributed by atoms with van der Waals surface area (Å²) in [6.45, 7) is 1.80. The highest BCUT2D eigenvalue weighted by molar-refractivity contribution is 5.79. The zero-order chi connectivity index (χ0) is 12.3. The fraction of sp³-hybridized carbons (Fsp3) is 0.917. The van der Waals surface area contributed by atoms with Gasteiger partial charge in [-0.05, 0) is 32.2 Å². The Balaban J connectivity index is 1.73. The van der Waals surface area contributed by atoms with Crippen molar-refractivity contribution in [3.63, 3.8) is 0 Å². The van der Waals surface area contributed by atoms with E-state index in [0.717, 1.165) is 19.3 Å². The number of aliphatic hydroxyl groups is 1. The summed E-state index contributed by atoms with van der Waals surface area (Å²) in [6, 6.07) is 0.129. The fourth-order valence-corrected chi connectivity index (χ4v) is 2.71. The number of amides is 1. The Bertz CT molecular complexity index is 272. The van der Waals surface area contributed by atoms with Gasteiger partial charge in [0.2, 0.25) is 5.91 Å². The summed E-state index contributed by atoms with van der Waals surface area (Å²) in [4.78, 5) is 12.0. The van der Waals surface area contributed by atoms with Gasteiger partial charge in [-0.2, -0.15) is 0 Å². The Kier molecular flexibility index (Phi) is 4.36. The molecule has 5 nitrogen and oxygen atoms in total. The van der Waals surface area contributed by atoms with Gasteiger partial charge in [-0.15, -0.1) is 0 Å². The lowest BCUT2D eigenvalue weighted by atomic mass is 10.0. The minimum Gasteiger partial charge on any atom is -0.393 e. The highest BCUT2D eigenvalue weighted by Crippen LogP contribution is 2.24. The quantitative estimate of drug-likeness (QED) is 0.621. The zero-order valence-electron chi connectivity index (χ0n) is 10.3. The van der Waals surface area contributed by atoms with Crippen molar-refractivity contribution < 1.29 is 14.6 Å². The van der Waals surface area contributed by atoms with Gasteiger partial charge in [0.25, 0.3) is 0 Å². The Labute approximate surface area is 102 Å². The third kappa shape index (κ3) is 3.18. The fourth-order valence-electron chi connectivity index (χ4n) is 2.71. The number of nitrogens with one attached hydrogen (secondary N) is 2. The Morgan fingerprint density at radius 3 is 2.88 bits per heavy atom. The topological polar surface area (TPSA) is 70.6 Å². The molecule has 0 aromatic heterocycles. The van der Waals surface area contributed by atoms with Crippen LogP contribution in [0.25, 0.3) is 0 Å². The number of aliphatic hydroxyl groups excluding tert-OH is 1. The molecule has 0 bridgehead atoms. The molecule has 1 aliphatic heterocycles. The van der Waals surface area contributed by atoms with E-state index in [-0.39, 0.29) is 24.0 Å². The van der Waals surface area contributed by atoms with Crippen LogP contribution in [0.5, 0.6) is 0 Å². The van der Waals surface area contributed by atoms with Crippen LogP contribution >= 0.6 is 0 Å². The summed E-state index contributed by atoms with van der Waals surface area (Å²) >= 11 is 0. The molecule has 5 heteroatoms. The van der Waals surface area contributed by atoms with Gasteiger partial charge in [-0.25, -0.2) is 0 Å². The molecule has 0 aromatic rings. The van der Waals surface area contributed by atoms with Crippen molar-refractivity contribution >= 4 is 5.91 Å². The molecule has 1 saturated carbocycles. The normalized spacial score (nSPS) is 37.3. The summed E-state index contributed by atoms with van der Waals surface area (Å²) in [5.74, 6) is 0.430.